The molecule has 3 nitrogen and oxygen atoms in total. The van der Waals surface area contributed by atoms with E-state index >= 15 is 0 Å². The molecular formula is C21H29N3. The lowest BCUT2D eigenvalue weighted by Gasteiger charge is -2.36. The number of nitrogens with zero attached hydrogens (tertiary/aromatic N) is 3. The van der Waals surface area contributed by atoms with Crippen molar-refractivity contribution in [3.05, 3.63) is 71.8 Å². The number of likely N-dealkylation sites (N-methyl/N-ethyl adjacent to an activating group) is 2. The van der Waals surface area contributed by atoms with E-state index in [2.05, 4.69) is 103 Å². The first kappa shape index (κ1) is 17.2. The second kappa shape index (κ2) is 7.47. The average Bonchev–Trinajstić information content (AvgIpc) is 2.89. The lowest BCUT2D eigenvalue weighted by Crippen LogP contribution is -2.49. The van der Waals surface area contributed by atoms with Gasteiger partial charge in [-0.2, -0.15) is 0 Å². The van der Waals surface area contributed by atoms with E-state index in [1.165, 1.54) is 11.1 Å². The fraction of sp³-hybridized carbons (Fsp3) is 0.429. The minimum Gasteiger partial charge on any atom is -0.276 e. The molecule has 0 N–H and O–H groups in total. The van der Waals surface area contributed by atoms with Crippen molar-refractivity contribution in [1.82, 2.24) is 14.7 Å². The quantitative estimate of drug-likeness (QED) is 0.824. The van der Waals surface area contributed by atoms with Gasteiger partial charge in [0.05, 0.1) is 12.1 Å². The van der Waals surface area contributed by atoms with E-state index in [9.17, 15) is 0 Å². The maximum atomic E-state index is 2.53. The van der Waals surface area contributed by atoms with Crippen LogP contribution in [0.2, 0.25) is 0 Å². The number of benzene rings is 2. The smallest absolute Gasteiger partial charge is 0.120 e. The Hall–Kier alpha value is -1.68. The highest BCUT2D eigenvalue weighted by Gasteiger charge is 2.46. The van der Waals surface area contributed by atoms with E-state index in [1.54, 1.807) is 0 Å². The number of rotatable bonds is 5. The van der Waals surface area contributed by atoms with Crippen LogP contribution >= 0.6 is 0 Å². The number of hydrogen-bond acceptors (Lipinski definition) is 3. The summed E-state index contributed by atoms with van der Waals surface area (Å²) in [5.41, 5.74) is 2.77. The van der Waals surface area contributed by atoms with Crippen molar-refractivity contribution in [3.8, 4) is 0 Å². The molecule has 0 bridgehead atoms. The van der Waals surface area contributed by atoms with Gasteiger partial charge >= 0.3 is 0 Å². The van der Waals surface area contributed by atoms with Gasteiger partial charge in [-0.25, -0.2) is 0 Å². The Bertz CT molecular complexity index is 573. The van der Waals surface area contributed by atoms with Crippen molar-refractivity contribution in [1.29, 1.82) is 0 Å². The fourth-order valence-corrected chi connectivity index (χ4v) is 4.22. The molecule has 0 spiro atoms. The Balaban J connectivity index is 2.05. The van der Waals surface area contributed by atoms with Crippen LogP contribution in [0.1, 0.15) is 37.1 Å². The molecule has 24 heavy (non-hydrogen) atoms. The molecular weight excluding hydrogens is 294 g/mol. The van der Waals surface area contributed by atoms with Gasteiger partial charge in [0.2, 0.25) is 0 Å². The first-order valence-corrected chi connectivity index (χ1v) is 8.96. The Morgan fingerprint density at radius 1 is 0.708 bits per heavy atom. The molecule has 1 aliphatic rings. The van der Waals surface area contributed by atoms with Gasteiger partial charge in [0.1, 0.15) is 6.29 Å². The first-order chi connectivity index (χ1) is 11.7. The van der Waals surface area contributed by atoms with Crippen molar-refractivity contribution < 1.29 is 0 Å². The maximum absolute atomic E-state index is 2.53. The van der Waals surface area contributed by atoms with Crippen molar-refractivity contribution in [2.75, 3.05) is 27.2 Å². The molecule has 0 unspecified atom stereocenters. The summed E-state index contributed by atoms with van der Waals surface area (Å²) in [4.78, 5) is 7.58. The highest BCUT2D eigenvalue weighted by atomic mass is 15.6. The SMILES string of the molecule is CCN(CC)C1N(C)[C@@H](c2ccccc2)[C@H](c2ccccc2)N1C. The minimum absolute atomic E-state index is 0.315. The molecule has 1 heterocycles. The average molecular weight is 323 g/mol. The second-order valence-corrected chi connectivity index (χ2v) is 6.61. The van der Waals surface area contributed by atoms with Crippen LogP contribution in [-0.4, -0.2) is 48.2 Å². The van der Waals surface area contributed by atoms with E-state index in [0.29, 0.717) is 18.4 Å². The maximum Gasteiger partial charge on any atom is 0.120 e. The Morgan fingerprint density at radius 3 is 1.42 bits per heavy atom. The van der Waals surface area contributed by atoms with E-state index < -0.39 is 0 Å². The molecule has 0 aromatic heterocycles. The summed E-state index contributed by atoms with van der Waals surface area (Å²) in [6, 6.07) is 22.5. The summed E-state index contributed by atoms with van der Waals surface area (Å²) in [5, 5.41) is 0. The third-order valence-corrected chi connectivity index (χ3v) is 5.33. The van der Waals surface area contributed by atoms with Crippen molar-refractivity contribution >= 4 is 0 Å². The summed E-state index contributed by atoms with van der Waals surface area (Å²) in [7, 11) is 4.53. The van der Waals surface area contributed by atoms with Crippen LogP contribution in [0.25, 0.3) is 0 Å². The highest BCUT2D eigenvalue weighted by molar-refractivity contribution is 5.29. The van der Waals surface area contributed by atoms with Gasteiger partial charge in [0, 0.05) is 0 Å². The lowest BCUT2D eigenvalue weighted by molar-refractivity contribution is 0.00329. The van der Waals surface area contributed by atoms with Crippen LogP contribution < -0.4 is 0 Å². The number of hydrogen-bond donors (Lipinski definition) is 0. The van der Waals surface area contributed by atoms with Gasteiger partial charge in [0.25, 0.3) is 0 Å². The van der Waals surface area contributed by atoms with Crippen molar-refractivity contribution in [3.63, 3.8) is 0 Å². The second-order valence-electron chi connectivity index (χ2n) is 6.61. The zero-order chi connectivity index (χ0) is 17.1. The van der Waals surface area contributed by atoms with E-state index in [-0.39, 0.29) is 0 Å². The summed E-state index contributed by atoms with van der Waals surface area (Å²) in [5.74, 6) is 0. The summed E-state index contributed by atoms with van der Waals surface area (Å²) in [6.45, 7) is 6.61. The zero-order valence-electron chi connectivity index (χ0n) is 15.3. The zero-order valence-corrected chi connectivity index (χ0v) is 15.3. The van der Waals surface area contributed by atoms with Crippen molar-refractivity contribution in [2.45, 2.75) is 32.2 Å². The van der Waals surface area contributed by atoms with Crippen LogP contribution in [-0.2, 0) is 0 Å². The monoisotopic (exact) mass is 323 g/mol. The van der Waals surface area contributed by atoms with Gasteiger partial charge in [-0.05, 0) is 38.3 Å². The molecule has 2 aromatic carbocycles. The molecule has 0 saturated carbocycles. The summed E-state index contributed by atoms with van der Waals surface area (Å²) < 4.78 is 0. The molecule has 1 fully saturated rings. The molecule has 3 heteroatoms. The van der Waals surface area contributed by atoms with Crippen LogP contribution in [0.15, 0.2) is 60.7 Å². The molecule has 1 aliphatic heterocycles. The predicted octanol–water partition coefficient (Wildman–Crippen LogP) is 3.97. The molecule has 1 saturated heterocycles. The Labute approximate surface area is 146 Å². The van der Waals surface area contributed by atoms with E-state index in [0.717, 1.165) is 13.1 Å². The normalized spacial score (nSPS) is 23.2. The van der Waals surface area contributed by atoms with Crippen LogP contribution in [0.4, 0.5) is 0 Å². The highest BCUT2D eigenvalue weighted by Crippen LogP contribution is 2.45. The molecule has 0 radical (unpaired) electrons. The summed E-state index contributed by atoms with van der Waals surface area (Å²) >= 11 is 0. The van der Waals surface area contributed by atoms with E-state index in [1.807, 2.05) is 0 Å². The third-order valence-electron chi connectivity index (χ3n) is 5.33. The molecule has 0 amide bonds. The lowest BCUT2D eigenvalue weighted by atomic mass is 9.93. The van der Waals surface area contributed by atoms with Crippen molar-refractivity contribution in [2.24, 2.45) is 0 Å². The minimum atomic E-state index is 0.315. The van der Waals surface area contributed by atoms with Gasteiger partial charge in [-0.3, -0.25) is 14.7 Å². The fourth-order valence-electron chi connectivity index (χ4n) is 4.22. The topological polar surface area (TPSA) is 9.72 Å². The van der Waals surface area contributed by atoms with Gasteiger partial charge in [-0.1, -0.05) is 74.5 Å². The first-order valence-electron chi connectivity index (χ1n) is 8.96. The van der Waals surface area contributed by atoms with E-state index in [4.69, 9.17) is 0 Å². The molecule has 128 valence electrons. The van der Waals surface area contributed by atoms with Crippen LogP contribution in [0.3, 0.4) is 0 Å². The standard InChI is InChI=1S/C21H29N3/c1-5-24(6-2)21-22(3)19(17-13-9-7-10-14-17)20(23(21)4)18-15-11-8-12-16-18/h7-16,19-21H,5-6H2,1-4H3/t19-,20-/m0/s1. The van der Waals surface area contributed by atoms with Gasteiger partial charge < -0.3 is 0 Å². The molecule has 2 atom stereocenters. The Morgan fingerprint density at radius 2 is 1.08 bits per heavy atom. The predicted molar refractivity (Wildman–Crippen MR) is 101 cm³/mol. The van der Waals surface area contributed by atoms with Crippen LogP contribution in [0.5, 0.6) is 0 Å². The summed E-state index contributed by atoms with van der Waals surface area (Å²) in [6.07, 6.45) is 0.315. The molecule has 3 rings (SSSR count). The van der Waals surface area contributed by atoms with Gasteiger partial charge in [-0.15, -0.1) is 0 Å². The molecule has 0 aliphatic carbocycles. The Kier molecular flexibility index (Phi) is 5.34. The van der Waals surface area contributed by atoms with Gasteiger partial charge in [0.15, 0.2) is 0 Å². The van der Waals surface area contributed by atoms with Crippen LogP contribution in [0, 0.1) is 0 Å². The third kappa shape index (κ3) is 3.00. The molecule has 2 aromatic rings. The largest absolute Gasteiger partial charge is 0.276 e.